The molecule has 148 valence electrons. The smallest absolute Gasteiger partial charge is 0.382 e. The van der Waals surface area contributed by atoms with Crippen molar-refractivity contribution in [1.82, 2.24) is 5.32 Å². The number of hydrogen-bond donors (Lipinski definition) is 1. The molecule has 0 saturated heterocycles. The molecule has 3 aromatic rings. The fraction of sp³-hybridized carbons (Fsp3) is 0.136. The first-order valence-electron chi connectivity index (χ1n) is 8.79. The number of rotatable bonds is 3. The van der Waals surface area contributed by atoms with Crippen LogP contribution < -0.4 is 5.32 Å². The van der Waals surface area contributed by atoms with Gasteiger partial charge in [0.15, 0.2) is 5.78 Å². The van der Waals surface area contributed by atoms with Crippen molar-refractivity contribution in [3.05, 3.63) is 86.9 Å². The summed E-state index contributed by atoms with van der Waals surface area (Å²) in [4.78, 5) is 13.4. The van der Waals surface area contributed by atoms with E-state index in [1.165, 1.54) is 23.9 Å². The topological polar surface area (TPSA) is 29.1 Å². The van der Waals surface area contributed by atoms with Gasteiger partial charge in [-0.2, -0.15) is 13.2 Å². The Morgan fingerprint density at radius 3 is 2.48 bits per heavy atom. The molecule has 0 radical (unpaired) electrons. The quantitative estimate of drug-likeness (QED) is 0.462. The van der Waals surface area contributed by atoms with Gasteiger partial charge in [0, 0.05) is 11.5 Å². The van der Waals surface area contributed by atoms with E-state index in [-0.39, 0.29) is 21.4 Å². The Balaban J connectivity index is 1.81. The molecule has 1 aliphatic rings. The number of allylic oxidation sites excluding steroid dienone is 1. The number of hydrogen-bond acceptors (Lipinski definition) is 3. The molecule has 0 fully saturated rings. The average molecular weight is 478 g/mol. The lowest BCUT2D eigenvalue weighted by Gasteiger charge is -2.13. The molecule has 1 N–H and O–H groups in total. The molecule has 4 rings (SSSR count). The van der Waals surface area contributed by atoms with E-state index >= 15 is 0 Å². The van der Waals surface area contributed by atoms with Gasteiger partial charge in [-0.1, -0.05) is 76.2 Å². The summed E-state index contributed by atoms with van der Waals surface area (Å²) < 4.78 is 40.0. The van der Waals surface area contributed by atoms with Gasteiger partial charge in [0.2, 0.25) is 0 Å². The molecule has 29 heavy (non-hydrogen) atoms. The van der Waals surface area contributed by atoms with E-state index in [9.17, 15) is 18.0 Å². The first kappa shape index (κ1) is 20.0. The second-order valence-electron chi connectivity index (χ2n) is 6.58. The zero-order valence-electron chi connectivity index (χ0n) is 15.2. The minimum absolute atomic E-state index is 0.0518. The number of carbonyl (C=O) groups excluding carboxylic acids is 1. The van der Waals surface area contributed by atoms with Crippen molar-refractivity contribution in [1.29, 1.82) is 0 Å². The normalized spacial score (nSPS) is 17.3. The number of benzene rings is 3. The van der Waals surface area contributed by atoms with Crippen LogP contribution in [-0.4, -0.2) is 12.8 Å². The third-order valence-electron chi connectivity index (χ3n) is 4.84. The van der Waals surface area contributed by atoms with Gasteiger partial charge < -0.3 is 5.32 Å². The predicted molar refractivity (Wildman–Crippen MR) is 114 cm³/mol. The third-order valence-corrected chi connectivity index (χ3v) is 6.88. The van der Waals surface area contributed by atoms with Gasteiger partial charge >= 0.3 is 6.18 Å². The molecule has 1 aliphatic heterocycles. The maximum Gasteiger partial charge on any atom is 0.417 e. The average Bonchev–Trinajstić information content (AvgIpc) is 3.03. The van der Waals surface area contributed by atoms with E-state index in [1.54, 1.807) is 7.05 Å². The maximum absolute atomic E-state index is 13.4. The van der Waals surface area contributed by atoms with Crippen LogP contribution >= 0.6 is 27.7 Å². The number of nitrogens with one attached hydrogen (secondary N) is 1. The van der Waals surface area contributed by atoms with Crippen molar-refractivity contribution < 1.29 is 18.0 Å². The Morgan fingerprint density at radius 2 is 1.76 bits per heavy atom. The molecule has 1 heterocycles. The number of halogens is 4. The summed E-state index contributed by atoms with van der Waals surface area (Å²) in [6, 6.07) is 17.4. The van der Waals surface area contributed by atoms with E-state index in [0.717, 1.165) is 22.4 Å². The second kappa shape index (κ2) is 7.54. The van der Waals surface area contributed by atoms with Crippen LogP contribution in [0.2, 0.25) is 0 Å². The van der Waals surface area contributed by atoms with E-state index in [2.05, 4.69) is 21.2 Å². The maximum atomic E-state index is 13.4. The Kier molecular flexibility index (Phi) is 5.21. The van der Waals surface area contributed by atoms with Crippen LogP contribution in [0.4, 0.5) is 13.2 Å². The fourth-order valence-corrected chi connectivity index (χ4v) is 5.23. The zero-order valence-corrected chi connectivity index (χ0v) is 17.6. The Morgan fingerprint density at radius 1 is 1.03 bits per heavy atom. The molecule has 0 aliphatic carbocycles. The van der Waals surface area contributed by atoms with E-state index in [4.69, 9.17) is 0 Å². The van der Waals surface area contributed by atoms with Crippen molar-refractivity contribution in [2.45, 2.75) is 11.4 Å². The molecule has 7 heteroatoms. The Hall–Kier alpha value is -2.25. The zero-order chi connectivity index (χ0) is 20.8. The largest absolute Gasteiger partial charge is 0.417 e. The molecule has 0 aromatic heterocycles. The summed E-state index contributed by atoms with van der Waals surface area (Å²) in [5.74, 6) is -0.203. The van der Waals surface area contributed by atoms with Crippen LogP contribution in [0.5, 0.6) is 0 Å². The minimum Gasteiger partial charge on any atom is -0.382 e. The Labute approximate surface area is 178 Å². The van der Waals surface area contributed by atoms with E-state index < -0.39 is 17.0 Å². The highest BCUT2D eigenvalue weighted by molar-refractivity contribution is 9.10. The standard InChI is InChI=1S/C22H15BrF3NOS/c1-27-21-18(13-9-10-17(23)16(11-13)22(24,25)26)19(28)20(29-21)15-8-4-6-12-5-2-3-7-14(12)15/h2-11,20,27H,1H3. The van der Waals surface area contributed by atoms with Gasteiger partial charge in [0.25, 0.3) is 0 Å². The van der Waals surface area contributed by atoms with E-state index in [0.29, 0.717) is 5.03 Å². The second-order valence-corrected chi connectivity index (χ2v) is 8.55. The van der Waals surface area contributed by atoms with Gasteiger partial charge in [0.05, 0.1) is 21.4 Å². The molecule has 0 bridgehead atoms. The summed E-state index contributed by atoms with van der Waals surface area (Å²) in [6.45, 7) is 0. The van der Waals surface area contributed by atoms with Gasteiger partial charge in [-0.05, 0) is 34.0 Å². The minimum atomic E-state index is -4.51. The van der Waals surface area contributed by atoms with Crippen molar-refractivity contribution in [2.24, 2.45) is 0 Å². The summed E-state index contributed by atoms with van der Waals surface area (Å²) >= 11 is 4.29. The monoisotopic (exact) mass is 477 g/mol. The Bertz CT molecular complexity index is 1150. The van der Waals surface area contributed by atoms with Crippen LogP contribution in [0, 0.1) is 0 Å². The predicted octanol–water partition coefficient (Wildman–Crippen LogP) is 6.57. The SMILES string of the molecule is CNC1=C(c2ccc(Br)c(C(F)(F)F)c2)C(=O)C(c2cccc3ccccc23)S1. The summed E-state index contributed by atoms with van der Waals surface area (Å²) in [5.41, 5.74) is 0.594. The molecule has 1 atom stereocenters. The van der Waals surface area contributed by atoms with Crippen LogP contribution in [0.3, 0.4) is 0 Å². The summed E-state index contributed by atoms with van der Waals surface area (Å²) in [5, 5.41) is 5.02. The number of carbonyl (C=O) groups is 1. The highest BCUT2D eigenvalue weighted by Gasteiger charge is 2.38. The molecule has 0 amide bonds. The van der Waals surface area contributed by atoms with Gasteiger partial charge in [-0.25, -0.2) is 0 Å². The lowest BCUT2D eigenvalue weighted by molar-refractivity contribution is -0.138. The fourth-order valence-electron chi connectivity index (χ4n) is 3.51. The first-order valence-corrected chi connectivity index (χ1v) is 10.5. The van der Waals surface area contributed by atoms with Crippen molar-refractivity contribution >= 4 is 49.8 Å². The number of thioether (sulfide) groups is 1. The van der Waals surface area contributed by atoms with Crippen LogP contribution in [0.15, 0.2) is 70.2 Å². The molecule has 1 unspecified atom stereocenters. The number of ketones is 1. The molecule has 0 spiro atoms. The highest BCUT2D eigenvalue weighted by Crippen LogP contribution is 2.49. The highest BCUT2D eigenvalue weighted by atomic mass is 79.9. The summed E-state index contributed by atoms with van der Waals surface area (Å²) in [7, 11) is 1.67. The molecule has 0 saturated carbocycles. The summed E-state index contributed by atoms with van der Waals surface area (Å²) in [6.07, 6.45) is -4.51. The lowest BCUT2D eigenvalue weighted by atomic mass is 9.94. The number of fused-ring (bicyclic) bond motifs is 1. The van der Waals surface area contributed by atoms with Gasteiger partial charge in [-0.3, -0.25) is 4.79 Å². The molecule has 2 nitrogen and oxygen atoms in total. The van der Waals surface area contributed by atoms with Crippen LogP contribution in [0.1, 0.15) is 21.9 Å². The number of Topliss-reactive ketones (excluding diaryl/α,β-unsaturated/α-hetero) is 1. The molecular weight excluding hydrogens is 463 g/mol. The van der Waals surface area contributed by atoms with Crippen molar-refractivity contribution in [3.8, 4) is 0 Å². The number of alkyl halides is 3. The van der Waals surface area contributed by atoms with Crippen molar-refractivity contribution in [3.63, 3.8) is 0 Å². The lowest BCUT2D eigenvalue weighted by Crippen LogP contribution is -2.10. The van der Waals surface area contributed by atoms with Gasteiger partial charge in [-0.15, -0.1) is 0 Å². The van der Waals surface area contributed by atoms with Gasteiger partial charge in [0.1, 0.15) is 0 Å². The third kappa shape index (κ3) is 3.57. The molecular formula is C22H15BrF3NOS. The van der Waals surface area contributed by atoms with Crippen LogP contribution in [0.25, 0.3) is 16.3 Å². The first-order chi connectivity index (χ1) is 13.8. The van der Waals surface area contributed by atoms with Crippen molar-refractivity contribution in [2.75, 3.05) is 7.05 Å². The molecule has 3 aromatic carbocycles. The van der Waals surface area contributed by atoms with Crippen LogP contribution in [-0.2, 0) is 11.0 Å². The van der Waals surface area contributed by atoms with E-state index in [1.807, 2.05) is 42.5 Å².